The summed E-state index contributed by atoms with van der Waals surface area (Å²) in [6.45, 7) is 1.49. The van der Waals surface area contributed by atoms with E-state index in [0.717, 1.165) is 13.0 Å². The number of rotatable bonds is 6. The molecule has 0 bridgehead atoms. The fraction of sp³-hybridized carbons (Fsp3) is 0.467. The van der Waals surface area contributed by atoms with E-state index in [-0.39, 0.29) is 5.82 Å². The average molecular weight is 249 g/mol. The summed E-state index contributed by atoms with van der Waals surface area (Å²) in [5.74, 6) is 0.356. The Morgan fingerprint density at radius 1 is 1.39 bits per heavy atom. The van der Waals surface area contributed by atoms with Crippen molar-refractivity contribution in [2.24, 2.45) is 0 Å². The molecule has 0 spiro atoms. The van der Waals surface area contributed by atoms with Gasteiger partial charge in [-0.25, -0.2) is 4.39 Å². The molecule has 0 aliphatic heterocycles. The quantitative estimate of drug-likeness (QED) is 0.616. The highest BCUT2D eigenvalue weighted by atomic mass is 19.1. The summed E-state index contributed by atoms with van der Waals surface area (Å²) in [7, 11) is 1.54. The molecule has 2 rings (SSSR count). The van der Waals surface area contributed by atoms with Crippen molar-refractivity contribution in [3.8, 4) is 5.75 Å². The van der Waals surface area contributed by atoms with Crippen molar-refractivity contribution in [2.45, 2.75) is 32.2 Å². The van der Waals surface area contributed by atoms with E-state index < -0.39 is 0 Å². The van der Waals surface area contributed by atoms with Crippen molar-refractivity contribution in [1.82, 2.24) is 5.32 Å². The van der Waals surface area contributed by atoms with Crippen LogP contribution in [0.15, 0.2) is 29.8 Å². The summed E-state index contributed by atoms with van der Waals surface area (Å²) in [5.41, 5.74) is 2.23. The second-order valence-corrected chi connectivity index (χ2v) is 4.64. The maximum atomic E-state index is 13.6. The van der Waals surface area contributed by atoms with Crippen molar-refractivity contribution in [3.05, 3.63) is 41.2 Å². The van der Waals surface area contributed by atoms with Gasteiger partial charge in [-0.15, -0.1) is 0 Å². The molecule has 2 nitrogen and oxygen atoms in total. The van der Waals surface area contributed by atoms with Crippen molar-refractivity contribution in [3.63, 3.8) is 0 Å². The standard InChI is InChI=1S/C15H20FNO/c1-18-14-7-6-13(15(16)10-14)11-17-9-8-12-4-2-3-5-12/h4,6-7,10,17H,2-3,5,8-9,11H2,1H3. The number of benzene rings is 1. The summed E-state index contributed by atoms with van der Waals surface area (Å²) in [4.78, 5) is 0. The third kappa shape index (κ3) is 3.57. The van der Waals surface area contributed by atoms with Gasteiger partial charge in [0.1, 0.15) is 11.6 Å². The van der Waals surface area contributed by atoms with Gasteiger partial charge in [-0.3, -0.25) is 0 Å². The van der Waals surface area contributed by atoms with E-state index in [4.69, 9.17) is 4.74 Å². The predicted octanol–water partition coefficient (Wildman–Crippen LogP) is 3.42. The fourth-order valence-corrected chi connectivity index (χ4v) is 2.23. The molecular weight excluding hydrogens is 229 g/mol. The van der Waals surface area contributed by atoms with Crippen molar-refractivity contribution in [1.29, 1.82) is 0 Å². The van der Waals surface area contributed by atoms with E-state index in [0.29, 0.717) is 17.9 Å². The highest BCUT2D eigenvalue weighted by Gasteiger charge is 2.05. The zero-order valence-electron chi connectivity index (χ0n) is 10.8. The number of hydrogen-bond donors (Lipinski definition) is 1. The van der Waals surface area contributed by atoms with Gasteiger partial charge >= 0.3 is 0 Å². The molecule has 98 valence electrons. The van der Waals surface area contributed by atoms with Crippen LogP contribution in [0, 0.1) is 5.82 Å². The minimum atomic E-state index is -0.207. The Balaban J connectivity index is 1.75. The van der Waals surface area contributed by atoms with Gasteiger partial charge in [0.25, 0.3) is 0 Å². The highest BCUT2D eigenvalue weighted by molar-refractivity contribution is 5.28. The molecule has 1 aromatic rings. The first-order valence-electron chi connectivity index (χ1n) is 6.50. The molecule has 18 heavy (non-hydrogen) atoms. The predicted molar refractivity (Wildman–Crippen MR) is 71.2 cm³/mol. The lowest BCUT2D eigenvalue weighted by Crippen LogP contribution is -2.16. The number of allylic oxidation sites excluding steroid dienone is 1. The molecule has 0 fully saturated rings. The van der Waals surface area contributed by atoms with Crippen LogP contribution >= 0.6 is 0 Å². The van der Waals surface area contributed by atoms with E-state index >= 15 is 0 Å². The maximum absolute atomic E-state index is 13.6. The first kappa shape index (κ1) is 13.1. The average Bonchev–Trinajstić information content (AvgIpc) is 2.89. The smallest absolute Gasteiger partial charge is 0.131 e. The van der Waals surface area contributed by atoms with Crippen molar-refractivity contribution >= 4 is 0 Å². The van der Waals surface area contributed by atoms with Crippen LogP contribution < -0.4 is 10.1 Å². The second kappa shape index (κ2) is 6.55. The molecule has 0 unspecified atom stereocenters. The van der Waals surface area contributed by atoms with Gasteiger partial charge in [-0.2, -0.15) is 0 Å². The zero-order chi connectivity index (χ0) is 12.8. The van der Waals surface area contributed by atoms with Crippen LogP contribution in [0.2, 0.25) is 0 Å². The van der Waals surface area contributed by atoms with Crippen LogP contribution in [0.25, 0.3) is 0 Å². The summed E-state index contributed by atoms with van der Waals surface area (Å²) in [5, 5.41) is 3.29. The molecule has 0 radical (unpaired) electrons. The van der Waals surface area contributed by atoms with Gasteiger partial charge < -0.3 is 10.1 Å². The largest absolute Gasteiger partial charge is 0.497 e. The molecule has 1 aliphatic carbocycles. The Bertz CT molecular complexity index is 429. The van der Waals surface area contributed by atoms with E-state index in [1.807, 2.05) is 0 Å². The zero-order valence-corrected chi connectivity index (χ0v) is 10.8. The molecule has 0 atom stereocenters. The molecular formula is C15H20FNO. The van der Waals surface area contributed by atoms with E-state index in [9.17, 15) is 4.39 Å². The lowest BCUT2D eigenvalue weighted by atomic mass is 10.1. The fourth-order valence-electron chi connectivity index (χ4n) is 2.23. The number of nitrogens with one attached hydrogen (secondary N) is 1. The Hall–Kier alpha value is -1.35. The summed E-state index contributed by atoms with van der Waals surface area (Å²) >= 11 is 0. The van der Waals surface area contributed by atoms with Gasteiger partial charge in [0, 0.05) is 18.2 Å². The number of ether oxygens (including phenoxy) is 1. The first-order valence-corrected chi connectivity index (χ1v) is 6.50. The van der Waals surface area contributed by atoms with E-state index in [1.54, 1.807) is 19.2 Å². The van der Waals surface area contributed by atoms with E-state index in [1.165, 1.54) is 30.9 Å². The lowest BCUT2D eigenvalue weighted by Gasteiger charge is -2.08. The molecule has 1 aliphatic rings. The number of halogens is 1. The third-order valence-electron chi connectivity index (χ3n) is 3.33. The maximum Gasteiger partial charge on any atom is 0.131 e. The lowest BCUT2D eigenvalue weighted by molar-refractivity contribution is 0.410. The number of methoxy groups -OCH3 is 1. The summed E-state index contributed by atoms with van der Waals surface area (Å²) < 4.78 is 18.6. The normalized spacial score (nSPS) is 14.7. The minimum Gasteiger partial charge on any atom is -0.497 e. The van der Waals surface area contributed by atoms with Crippen LogP contribution in [-0.2, 0) is 6.54 Å². The highest BCUT2D eigenvalue weighted by Crippen LogP contribution is 2.20. The molecule has 0 aromatic heterocycles. The van der Waals surface area contributed by atoms with Crippen LogP contribution in [-0.4, -0.2) is 13.7 Å². The van der Waals surface area contributed by atoms with Crippen LogP contribution in [0.5, 0.6) is 5.75 Å². The molecule has 1 N–H and O–H groups in total. The monoisotopic (exact) mass is 249 g/mol. The molecule has 0 saturated heterocycles. The topological polar surface area (TPSA) is 21.3 Å². The Morgan fingerprint density at radius 3 is 2.94 bits per heavy atom. The van der Waals surface area contributed by atoms with Gasteiger partial charge in [0.2, 0.25) is 0 Å². The molecule has 1 aromatic carbocycles. The SMILES string of the molecule is COc1ccc(CNCCC2=CCCC2)c(F)c1. The second-order valence-electron chi connectivity index (χ2n) is 4.64. The Kier molecular flexibility index (Phi) is 4.76. The van der Waals surface area contributed by atoms with Crippen LogP contribution in [0.4, 0.5) is 4.39 Å². The first-order chi connectivity index (χ1) is 8.79. The molecule has 0 saturated carbocycles. The van der Waals surface area contributed by atoms with Gasteiger partial charge in [0.15, 0.2) is 0 Å². The van der Waals surface area contributed by atoms with E-state index in [2.05, 4.69) is 11.4 Å². The summed E-state index contributed by atoms with van der Waals surface area (Å²) in [6, 6.07) is 4.99. The Labute approximate surface area is 108 Å². The van der Waals surface area contributed by atoms with Gasteiger partial charge in [-0.1, -0.05) is 17.7 Å². The van der Waals surface area contributed by atoms with Gasteiger partial charge in [-0.05, 0) is 38.3 Å². The van der Waals surface area contributed by atoms with Crippen LogP contribution in [0.1, 0.15) is 31.2 Å². The molecule has 3 heteroatoms. The van der Waals surface area contributed by atoms with Crippen molar-refractivity contribution < 1.29 is 9.13 Å². The summed E-state index contributed by atoms with van der Waals surface area (Å²) in [6.07, 6.45) is 7.16. The third-order valence-corrected chi connectivity index (χ3v) is 3.33. The number of hydrogen-bond acceptors (Lipinski definition) is 2. The molecule has 0 heterocycles. The van der Waals surface area contributed by atoms with Crippen LogP contribution in [0.3, 0.4) is 0 Å². The molecule has 0 amide bonds. The Morgan fingerprint density at radius 2 is 2.28 bits per heavy atom. The van der Waals surface area contributed by atoms with Crippen molar-refractivity contribution in [2.75, 3.05) is 13.7 Å². The van der Waals surface area contributed by atoms with Gasteiger partial charge in [0.05, 0.1) is 7.11 Å². The minimum absolute atomic E-state index is 0.207.